The number of thioether (sulfide) groups is 2. The lowest BCUT2D eigenvalue weighted by Gasteiger charge is -2.13. The molecule has 5 heteroatoms. The number of benzene rings is 1. The van der Waals surface area contributed by atoms with Crippen LogP contribution in [0.2, 0.25) is 5.02 Å². The van der Waals surface area contributed by atoms with Gasteiger partial charge in [-0.25, -0.2) is 4.79 Å². The van der Waals surface area contributed by atoms with E-state index in [-0.39, 0.29) is 0 Å². The second-order valence-corrected chi connectivity index (χ2v) is 6.56. The maximum Gasteiger partial charge on any atom is 0.336 e. The van der Waals surface area contributed by atoms with Gasteiger partial charge in [0.2, 0.25) is 0 Å². The Balaban J connectivity index is 3.16. The lowest BCUT2D eigenvalue weighted by Crippen LogP contribution is -2.02. The minimum absolute atomic E-state index is 0.334. The van der Waals surface area contributed by atoms with Crippen molar-refractivity contribution in [2.75, 3.05) is 6.26 Å². The van der Waals surface area contributed by atoms with Gasteiger partial charge in [0, 0.05) is 15.7 Å². The van der Waals surface area contributed by atoms with E-state index in [4.69, 9.17) is 16.7 Å². The van der Waals surface area contributed by atoms with Crippen molar-refractivity contribution in [2.45, 2.75) is 29.7 Å². The third-order valence-electron chi connectivity index (χ3n) is 2.20. The van der Waals surface area contributed by atoms with Gasteiger partial charge >= 0.3 is 5.97 Å². The molecule has 0 atom stereocenters. The van der Waals surface area contributed by atoms with E-state index in [1.165, 1.54) is 11.8 Å². The summed E-state index contributed by atoms with van der Waals surface area (Å²) < 4.78 is 0. The number of rotatable bonds is 5. The molecule has 0 aliphatic rings. The fourth-order valence-electron chi connectivity index (χ4n) is 1.39. The third kappa shape index (κ3) is 3.83. The molecular formula is C12H15ClO2S2. The van der Waals surface area contributed by atoms with Gasteiger partial charge in [-0.05, 0) is 29.2 Å². The van der Waals surface area contributed by atoms with Gasteiger partial charge in [-0.3, -0.25) is 0 Å². The van der Waals surface area contributed by atoms with Crippen LogP contribution in [0.3, 0.4) is 0 Å². The van der Waals surface area contributed by atoms with Crippen LogP contribution in [0.4, 0.5) is 0 Å². The standard InChI is InChI=1S/C12H15ClO2S2/c1-7(2)17-6-9-10(13)5-4-8(12(14)15)11(9)16-3/h4-5,7H,6H2,1-3H3,(H,14,15). The largest absolute Gasteiger partial charge is 0.478 e. The summed E-state index contributed by atoms with van der Waals surface area (Å²) >= 11 is 9.34. The minimum Gasteiger partial charge on any atom is -0.478 e. The molecule has 17 heavy (non-hydrogen) atoms. The van der Waals surface area contributed by atoms with Crippen LogP contribution >= 0.6 is 35.1 Å². The summed E-state index contributed by atoms with van der Waals surface area (Å²) in [6, 6.07) is 3.24. The summed E-state index contributed by atoms with van der Waals surface area (Å²) in [5.41, 5.74) is 1.26. The molecule has 0 spiro atoms. The normalized spacial score (nSPS) is 10.9. The average molecular weight is 291 g/mol. The number of carbonyl (C=O) groups is 1. The first kappa shape index (κ1) is 14.7. The van der Waals surface area contributed by atoms with Crippen LogP contribution in [0.1, 0.15) is 29.8 Å². The van der Waals surface area contributed by atoms with Crippen LogP contribution < -0.4 is 0 Å². The van der Waals surface area contributed by atoms with Crippen LogP contribution in [-0.4, -0.2) is 22.6 Å². The van der Waals surface area contributed by atoms with Crippen molar-refractivity contribution in [3.8, 4) is 0 Å². The van der Waals surface area contributed by atoms with Crippen molar-refractivity contribution in [2.24, 2.45) is 0 Å². The SMILES string of the molecule is CSc1c(C(=O)O)ccc(Cl)c1CSC(C)C. The smallest absolute Gasteiger partial charge is 0.336 e. The molecule has 1 N–H and O–H groups in total. The fraction of sp³-hybridized carbons (Fsp3) is 0.417. The zero-order chi connectivity index (χ0) is 13.0. The lowest BCUT2D eigenvalue weighted by molar-refractivity contribution is 0.0693. The van der Waals surface area contributed by atoms with E-state index in [0.717, 1.165) is 16.2 Å². The number of aromatic carboxylic acids is 1. The molecule has 0 aliphatic carbocycles. The third-order valence-corrected chi connectivity index (χ3v) is 4.55. The highest BCUT2D eigenvalue weighted by Gasteiger charge is 2.16. The predicted molar refractivity (Wildman–Crippen MR) is 76.6 cm³/mol. The Morgan fingerprint density at radius 1 is 1.47 bits per heavy atom. The van der Waals surface area contributed by atoms with E-state index in [1.807, 2.05) is 6.26 Å². The molecule has 94 valence electrons. The van der Waals surface area contributed by atoms with Gasteiger partial charge in [0.15, 0.2) is 0 Å². The van der Waals surface area contributed by atoms with Gasteiger partial charge in [-0.2, -0.15) is 11.8 Å². The monoisotopic (exact) mass is 290 g/mol. The summed E-state index contributed by atoms with van der Waals surface area (Å²) in [7, 11) is 0. The quantitative estimate of drug-likeness (QED) is 0.816. The van der Waals surface area contributed by atoms with Crippen LogP contribution in [0.15, 0.2) is 17.0 Å². The summed E-state index contributed by atoms with van der Waals surface area (Å²) in [6.07, 6.45) is 1.88. The summed E-state index contributed by atoms with van der Waals surface area (Å²) in [6.45, 7) is 4.22. The summed E-state index contributed by atoms with van der Waals surface area (Å²) in [5.74, 6) is -0.157. The molecule has 0 saturated carbocycles. The minimum atomic E-state index is -0.901. The zero-order valence-corrected chi connectivity index (χ0v) is 12.4. The van der Waals surface area contributed by atoms with Gasteiger partial charge in [-0.1, -0.05) is 25.4 Å². The van der Waals surface area contributed by atoms with E-state index in [2.05, 4.69) is 13.8 Å². The molecule has 2 nitrogen and oxygen atoms in total. The first-order valence-electron chi connectivity index (χ1n) is 5.17. The van der Waals surface area contributed by atoms with Crippen molar-refractivity contribution < 1.29 is 9.90 Å². The first-order valence-corrected chi connectivity index (χ1v) is 7.82. The Kier molecular flexibility index (Phi) is 5.70. The average Bonchev–Trinajstić information content (AvgIpc) is 2.26. The second kappa shape index (κ2) is 6.57. The van der Waals surface area contributed by atoms with Crippen molar-refractivity contribution >= 4 is 41.1 Å². The van der Waals surface area contributed by atoms with Crippen molar-refractivity contribution in [3.05, 3.63) is 28.3 Å². The molecule has 0 fully saturated rings. The topological polar surface area (TPSA) is 37.3 Å². The van der Waals surface area contributed by atoms with Crippen LogP contribution in [0.5, 0.6) is 0 Å². The van der Waals surface area contributed by atoms with E-state index in [0.29, 0.717) is 15.8 Å². The number of hydrogen-bond acceptors (Lipinski definition) is 3. The number of carboxylic acid groups (broad SMARTS) is 1. The van der Waals surface area contributed by atoms with Gasteiger partial charge in [-0.15, -0.1) is 11.8 Å². The molecule has 0 bridgehead atoms. The highest BCUT2D eigenvalue weighted by Crippen LogP contribution is 2.34. The van der Waals surface area contributed by atoms with Crippen LogP contribution in [0, 0.1) is 0 Å². The molecule has 0 aromatic heterocycles. The molecule has 0 radical (unpaired) electrons. The Bertz CT molecular complexity index is 419. The Morgan fingerprint density at radius 3 is 2.59 bits per heavy atom. The zero-order valence-electron chi connectivity index (χ0n) is 9.99. The number of carboxylic acids is 1. The number of halogens is 1. The molecular weight excluding hydrogens is 276 g/mol. The van der Waals surface area contributed by atoms with E-state index in [9.17, 15) is 4.79 Å². The van der Waals surface area contributed by atoms with Gasteiger partial charge in [0.25, 0.3) is 0 Å². The van der Waals surface area contributed by atoms with Crippen LogP contribution in [0.25, 0.3) is 0 Å². The molecule has 0 aliphatic heterocycles. The molecule has 1 aromatic carbocycles. The first-order chi connectivity index (χ1) is 7.97. The molecule has 1 rings (SSSR count). The maximum absolute atomic E-state index is 11.1. The van der Waals surface area contributed by atoms with E-state index >= 15 is 0 Å². The Morgan fingerprint density at radius 2 is 2.12 bits per heavy atom. The highest BCUT2D eigenvalue weighted by atomic mass is 35.5. The number of hydrogen-bond donors (Lipinski definition) is 1. The van der Waals surface area contributed by atoms with E-state index in [1.54, 1.807) is 23.9 Å². The van der Waals surface area contributed by atoms with Crippen molar-refractivity contribution in [1.29, 1.82) is 0 Å². The molecule has 0 amide bonds. The molecule has 0 unspecified atom stereocenters. The molecule has 1 aromatic rings. The molecule has 0 saturated heterocycles. The predicted octanol–water partition coefficient (Wildman–Crippen LogP) is 4.40. The van der Waals surface area contributed by atoms with Crippen LogP contribution in [-0.2, 0) is 5.75 Å². The van der Waals surface area contributed by atoms with Gasteiger partial charge in [0.1, 0.15) is 0 Å². The summed E-state index contributed by atoms with van der Waals surface area (Å²) in [5, 5.41) is 10.3. The molecule has 0 heterocycles. The van der Waals surface area contributed by atoms with E-state index < -0.39 is 5.97 Å². The van der Waals surface area contributed by atoms with Crippen molar-refractivity contribution in [3.63, 3.8) is 0 Å². The lowest BCUT2D eigenvalue weighted by atomic mass is 10.1. The van der Waals surface area contributed by atoms with Gasteiger partial charge in [0.05, 0.1) is 5.56 Å². The maximum atomic E-state index is 11.1. The second-order valence-electron chi connectivity index (χ2n) is 3.77. The summed E-state index contributed by atoms with van der Waals surface area (Å²) in [4.78, 5) is 11.9. The van der Waals surface area contributed by atoms with Gasteiger partial charge < -0.3 is 5.11 Å². The fourth-order valence-corrected chi connectivity index (χ4v) is 3.44. The Labute approximate surface area is 115 Å². The Hall–Kier alpha value is -0.320. The highest BCUT2D eigenvalue weighted by molar-refractivity contribution is 7.99. The van der Waals surface area contributed by atoms with Crippen molar-refractivity contribution in [1.82, 2.24) is 0 Å².